The second-order valence-corrected chi connectivity index (χ2v) is 3.82. The molecule has 4 nitrogen and oxygen atoms in total. The number of nitrogens with two attached hydrogens (primary N) is 1. The lowest BCUT2D eigenvalue weighted by Crippen LogP contribution is -2.39. The molecule has 0 aliphatic rings. The first-order chi connectivity index (χ1) is 7.06. The Morgan fingerprint density at radius 1 is 1.47 bits per heavy atom. The van der Waals surface area contributed by atoms with E-state index in [1.807, 2.05) is 32.9 Å². The van der Waals surface area contributed by atoms with Crippen molar-refractivity contribution >= 4 is 5.91 Å². The van der Waals surface area contributed by atoms with Gasteiger partial charge >= 0.3 is 0 Å². The monoisotopic (exact) mass is 209 g/mol. The van der Waals surface area contributed by atoms with Crippen molar-refractivity contribution in [1.29, 1.82) is 0 Å². The van der Waals surface area contributed by atoms with Crippen LogP contribution in [0.25, 0.3) is 0 Å². The first kappa shape index (κ1) is 11.8. The van der Waals surface area contributed by atoms with Gasteiger partial charge in [-0.25, -0.2) is 0 Å². The molecule has 1 rings (SSSR count). The highest BCUT2D eigenvalue weighted by molar-refractivity contribution is 5.88. The summed E-state index contributed by atoms with van der Waals surface area (Å²) in [4.78, 5) is 11.6. The summed E-state index contributed by atoms with van der Waals surface area (Å²) in [7, 11) is 0. The summed E-state index contributed by atoms with van der Waals surface area (Å²) in [5, 5.41) is 0. The van der Waals surface area contributed by atoms with E-state index in [1.54, 1.807) is 4.68 Å². The molecule has 1 unspecified atom stereocenters. The maximum absolute atomic E-state index is 11.6. The molecule has 1 heterocycles. The van der Waals surface area contributed by atoms with E-state index in [4.69, 9.17) is 5.73 Å². The van der Waals surface area contributed by atoms with Crippen molar-refractivity contribution in [2.24, 2.45) is 5.73 Å². The van der Waals surface area contributed by atoms with Gasteiger partial charge in [-0.1, -0.05) is 13.3 Å². The summed E-state index contributed by atoms with van der Waals surface area (Å²) >= 11 is 0. The summed E-state index contributed by atoms with van der Waals surface area (Å²) < 4.78 is 1.76. The first-order valence-electron chi connectivity index (χ1n) is 5.27. The molecular formula is C11H19N3O. The van der Waals surface area contributed by atoms with E-state index in [9.17, 15) is 4.79 Å². The van der Waals surface area contributed by atoms with Gasteiger partial charge in [0.1, 0.15) is 0 Å². The van der Waals surface area contributed by atoms with Gasteiger partial charge < -0.3 is 5.73 Å². The molecule has 15 heavy (non-hydrogen) atoms. The van der Waals surface area contributed by atoms with Gasteiger partial charge in [-0.05, 0) is 32.4 Å². The normalized spacial score (nSPS) is 12.5. The molecule has 1 aromatic rings. The number of hydrogen-bond acceptors (Lipinski definition) is 2. The zero-order chi connectivity index (χ0) is 11.4. The highest BCUT2D eigenvalue weighted by Crippen LogP contribution is 2.04. The van der Waals surface area contributed by atoms with Crippen LogP contribution >= 0.6 is 0 Å². The van der Waals surface area contributed by atoms with Crippen molar-refractivity contribution in [2.45, 2.75) is 39.7 Å². The van der Waals surface area contributed by atoms with Crippen LogP contribution in [0.15, 0.2) is 12.1 Å². The van der Waals surface area contributed by atoms with Gasteiger partial charge in [0.15, 0.2) is 0 Å². The number of nitrogens with one attached hydrogen (secondary N) is 1. The van der Waals surface area contributed by atoms with Gasteiger partial charge in [-0.2, -0.15) is 0 Å². The molecule has 4 heteroatoms. The largest absolute Gasteiger partial charge is 0.320 e. The molecular weight excluding hydrogens is 190 g/mol. The molecule has 0 bridgehead atoms. The van der Waals surface area contributed by atoms with Crippen LogP contribution in [0, 0.1) is 13.8 Å². The number of aromatic nitrogens is 1. The fraction of sp³-hybridized carbons (Fsp3) is 0.545. The molecule has 3 N–H and O–H groups in total. The van der Waals surface area contributed by atoms with Crippen LogP contribution in [0.1, 0.15) is 31.2 Å². The molecule has 84 valence electrons. The Morgan fingerprint density at radius 3 is 2.47 bits per heavy atom. The highest BCUT2D eigenvalue weighted by atomic mass is 16.2. The summed E-state index contributed by atoms with van der Waals surface area (Å²) in [6, 6.07) is 3.50. The number of amides is 1. The number of aryl methyl sites for hydroxylation is 2. The lowest BCUT2D eigenvalue weighted by atomic mass is 10.2. The van der Waals surface area contributed by atoms with Gasteiger partial charge in [0, 0.05) is 11.4 Å². The minimum absolute atomic E-state index is 0.126. The van der Waals surface area contributed by atoms with Crippen LogP contribution in [-0.4, -0.2) is 16.6 Å². The standard InChI is InChI=1S/C11H19N3O/c1-4-5-10(12)11(15)13-14-8(2)6-7-9(14)3/h6-7,10H,4-5,12H2,1-3H3,(H,13,15). The van der Waals surface area contributed by atoms with E-state index in [2.05, 4.69) is 5.43 Å². The number of carbonyl (C=O) groups is 1. The van der Waals surface area contributed by atoms with Crippen LogP contribution in [-0.2, 0) is 4.79 Å². The Labute approximate surface area is 90.4 Å². The van der Waals surface area contributed by atoms with Crippen LogP contribution in [0.5, 0.6) is 0 Å². The third-order valence-corrected chi connectivity index (χ3v) is 2.43. The van der Waals surface area contributed by atoms with Crippen molar-refractivity contribution in [3.05, 3.63) is 23.5 Å². The van der Waals surface area contributed by atoms with Crippen LogP contribution in [0.3, 0.4) is 0 Å². The van der Waals surface area contributed by atoms with Gasteiger partial charge in [0.2, 0.25) is 0 Å². The zero-order valence-corrected chi connectivity index (χ0v) is 9.58. The van der Waals surface area contributed by atoms with Gasteiger partial charge in [-0.3, -0.25) is 14.9 Å². The van der Waals surface area contributed by atoms with Crippen molar-refractivity contribution in [3.8, 4) is 0 Å². The molecule has 0 fully saturated rings. The number of carbonyl (C=O) groups excluding carboxylic acids is 1. The van der Waals surface area contributed by atoms with E-state index in [0.717, 1.165) is 17.8 Å². The van der Waals surface area contributed by atoms with E-state index in [-0.39, 0.29) is 5.91 Å². The molecule has 0 saturated carbocycles. The summed E-state index contributed by atoms with van der Waals surface area (Å²) in [5.41, 5.74) is 10.5. The second-order valence-electron chi connectivity index (χ2n) is 3.82. The van der Waals surface area contributed by atoms with Gasteiger partial charge in [-0.15, -0.1) is 0 Å². The first-order valence-corrected chi connectivity index (χ1v) is 5.27. The molecule has 0 aliphatic heterocycles. The SMILES string of the molecule is CCCC(N)C(=O)Nn1c(C)ccc1C. The zero-order valence-electron chi connectivity index (χ0n) is 9.58. The van der Waals surface area contributed by atoms with Crippen LogP contribution < -0.4 is 11.2 Å². The maximum Gasteiger partial charge on any atom is 0.255 e. The minimum atomic E-state index is -0.420. The molecule has 0 aliphatic carbocycles. The lowest BCUT2D eigenvalue weighted by molar-refractivity contribution is -0.118. The van der Waals surface area contributed by atoms with Crippen molar-refractivity contribution < 1.29 is 4.79 Å². The van der Waals surface area contributed by atoms with Gasteiger partial charge in [0.25, 0.3) is 5.91 Å². The average molecular weight is 209 g/mol. The van der Waals surface area contributed by atoms with Crippen molar-refractivity contribution in [1.82, 2.24) is 4.68 Å². The molecule has 0 radical (unpaired) electrons. The third-order valence-electron chi connectivity index (χ3n) is 2.43. The predicted octanol–water partition coefficient (Wildman–Crippen LogP) is 1.30. The fourth-order valence-electron chi connectivity index (χ4n) is 1.48. The number of rotatable bonds is 4. The molecule has 1 amide bonds. The Balaban J connectivity index is 2.66. The molecule has 0 aromatic carbocycles. The Morgan fingerprint density at radius 2 is 2.00 bits per heavy atom. The van der Waals surface area contributed by atoms with Crippen molar-refractivity contribution in [3.63, 3.8) is 0 Å². The lowest BCUT2D eigenvalue weighted by Gasteiger charge is -2.14. The van der Waals surface area contributed by atoms with Crippen LogP contribution in [0.4, 0.5) is 0 Å². The quantitative estimate of drug-likeness (QED) is 0.785. The minimum Gasteiger partial charge on any atom is -0.320 e. The Kier molecular flexibility index (Phi) is 3.91. The average Bonchev–Trinajstić information content (AvgIpc) is 2.49. The fourth-order valence-corrected chi connectivity index (χ4v) is 1.48. The predicted molar refractivity (Wildman–Crippen MR) is 61.2 cm³/mol. The Hall–Kier alpha value is -1.29. The third kappa shape index (κ3) is 2.83. The number of nitrogens with zero attached hydrogens (tertiary/aromatic N) is 1. The molecule has 1 aromatic heterocycles. The van der Waals surface area contributed by atoms with E-state index in [0.29, 0.717) is 6.42 Å². The topological polar surface area (TPSA) is 60.1 Å². The summed E-state index contributed by atoms with van der Waals surface area (Å²) in [6.07, 6.45) is 1.63. The van der Waals surface area contributed by atoms with Crippen LogP contribution in [0.2, 0.25) is 0 Å². The van der Waals surface area contributed by atoms with Crippen molar-refractivity contribution in [2.75, 3.05) is 5.43 Å². The molecule has 0 saturated heterocycles. The smallest absolute Gasteiger partial charge is 0.255 e. The summed E-state index contributed by atoms with van der Waals surface area (Å²) in [6.45, 7) is 5.90. The summed E-state index contributed by atoms with van der Waals surface area (Å²) in [5.74, 6) is -0.126. The second kappa shape index (κ2) is 4.98. The van der Waals surface area contributed by atoms with E-state index < -0.39 is 6.04 Å². The maximum atomic E-state index is 11.6. The van der Waals surface area contributed by atoms with E-state index in [1.165, 1.54) is 0 Å². The molecule has 1 atom stereocenters. The van der Waals surface area contributed by atoms with E-state index >= 15 is 0 Å². The number of hydrogen-bond donors (Lipinski definition) is 2. The Bertz CT molecular complexity index is 324. The molecule has 0 spiro atoms. The van der Waals surface area contributed by atoms with Gasteiger partial charge in [0.05, 0.1) is 6.04 Å². The highest BCUT2D eigenvalue weighted by Gasteiger charge is 2.13.